The van der Waals surface area contributed by atoms with Gasteiger partial charge in [-0.1, -0.05) is 84.0 Å². The first kappa shape index (κ1) is 28.1. The Balaban J connectivity index is 3.74. The summed E-state index contributed by atoms with van der Waals surface area (Å²) in [5.41, 5.74) is 0. The first-order valence-corrected chi connectivity index (χ1v) is 11.3. The maximum atomic E-state index is 11.8. The van der Waals surface area contributed by atoms with Crippen LogP contribution < -0.4 is 0 Å². The lowest BCUT2D eigenvalue weighted by molar-refractivity contribution is -0.154. The zero-order chi connectivity index (χ0) is 22.1. The monoisotopic (exact) mass is 418 g/mol. The molecule has 7 nitrogen and oxygen atoms in total. The van der Waals surface area contributed by atoms with Gasteiger partial charge in [-0.3, -0.25) is 9.59 Å². The number of hydrogen-bond donors (Lipinski definition) is 5. The topological polar surface area (TPSA) is 135 Å². The molecule has 7 heteroatoms. The molecule has 0 bridgehead atoms. The molecule has 4 atom stereocenters. The van der Waals surface area contributed by atoms with E-state index in [0.29, 0.717) is 6.42 Å². The van der Waals surface area contributed by atoms with E-state index in [0.717, 1.165) is 19.3 Å². The second-order valence-corrected chi connectivity index (χ2v) is 7.96. The molecule has 0 unspecified atom stereocenters. The van der Waals surface area contributed by atoms with Crippen molar-refractivity contribution >= 4 is 11.6 Å². The van der Waals surface area contributed by atoms with Crippen molar-refractivity contribution in [1.82, 2.24) is 0 Å². The number of hydrogen-bond acceptors (Lipinski definition) is 7. The Morgan fingerprint density at radius 2 is 1.07 bits per heavy atom. The summed E-state index contributed by atoms with van der Waals surface area (Å²) in [5.74, 6) is -1.98. The molecule has 0 saturated heterocycles. The minimum absolute atomic E-state index is 0.0149. The normalized spacial score (nSPS) is 15.7. The first-order valence-electron chi connectivity index (χ1n) is 11.3. The van der Waals surface area contributed by atoms with E-state index in [9.17, 15) is 30.0 Å². The summed E-state index contributed by atoms with van der Waals surface area (Å²) >= 11 is 0. The number of rotatable bonds is 20. The molecule has 0 heterocycles. The van der Waals surface area contributed by atoms with Gasteiger partial charge in [0.1, 0.15) is 24.4 Å². The Morgan fingerprint density at radius 3 is 1.48 bits per heavy atom. The second-order valence-electron chi connectivity index (χ2n) is 7.96. The van der Waals surface area contributed by atoms with Crippen LogP contribution in [0, 0.1) is 0 Å². The van der Waals surface area contributed by atoms with Crippen LogP contribution in [-0.4, -0.2) is 68.1 Å². The SMILES string of the molecule is CCCCCCCCCCCCCCCC(=O)C(=O)[C@H](O)[C@@H](O)[C@H](O)[C@H](O)CO. The van der Waals surface area contributed by atoms with Gasteiger partial charge in [0, 0.05) is 6.42 Å². The molecule has 0 aliphatic rings. The molecule has 0 aliphatic carbocycles. The fraction of sp³-hybridized carbons (Fsp3) is 0.909. The summed E-state index contributed by atoms with van der Waals surface area (Å²) in [5, 5.41) is 46.8. The van der Waals surface area contributed by atoms with Crippen LogP contribution in [0.25, 0.3) is 0 Å². The predicted molar refractivity (Wildman–Crippen MR) is 111 cm³/mol. The van der Waals surface area contributed by atoms with Crippen LogP contribution in [-0.2, 0) is 9.59 Å². The van der Waals surface area contributed by atoms with Crippen molar-refractivity contribution in [3.8, 4) is 0 Å². The minimum atomic E-state index is -2.11. The van der Waals surface area contributed by atoms with Crippen molar-refractivity contribution in [1.29, 1.82) is 0 Å². The first-order chi connectivity index (χ1) is 13.9. The lowest BCUT2D eigenvalue weighted by Crippen LogP contribution is -2.50. The highest BCUT2D eigenvalue weighted by atomic mass is 16.4. The van der Waals surface area contributed by atoms with Crippen LogP contribution in [0.3, 0.4) is 0 Å². The number of carbonyl (C=O) groups excluding carboxylic acids is 2. The Kier molecular flexibility index (Phi) is 17.4. The molecule has 0 rings (SSSR count). The second kappa shape index (κ2) is 18.0. The highest BCUT2D eigenvalue weighted by molar-refractivity contribution is 6.38. The van der Waals surface area contributed by atoms with E-state index in [1.807, 2.05) is 0 Å². The summed E-state index contributed by atoms with van der Waals surface area (Å²) in [6.07, 6.45) is 7.29. The van der Waals surface area contributed by atoms with Gasteiger partial charge in [-0.15, -0.1) is 0 Å². The van der Waals surface area contributed by atoms with Crippen LogP contribution in [0.1, 0.15) is 96.8 Å². The van der Waals surface area contributed by atoms with E-state index in [2.05, 4.69) is 6.92 Å². The predicted octanol–water partition coefficient (Wildman–Crippen LogP) is 2.04. The smallest absolute Gasteiger partial charge is 0.229 e. The highest BCUT2D eigenvalue weighted by Crippen LogP contribution is 2.14. The molecule has 172 valence electrons. The molecule has 0 radical (unpaired) electrons. The summed E-state index contributed by atoms with van der Waals surface area (Å²) in [6, 6.07) is 0. The molecule has 0 saturated carbocycles. The van der Waals surface area contributed by atoms with Crippen LogP contribution in [0.5, 0.6) is 0 Å². The molecular weight excluding hydrogens is 376 g/mol. The number of ketones is 2. The van der Waals surface area contributed by atoms with Crippen molar-refractivity contribution in [2.24, 2.45) is 0 Å². The van der Waals surface area contributed by atoms with Crippen molar-refractivity contribution in [2.45, 2.75) is 121 Å². The van der Waals surface area contributed by atoms with Gasteiger partial charge in [0.25, 0.3) is 0 Å². The Labute approximate surface area is 175 Å². The summed E-state index contributed by atoms with van der Waals surface area (Å²) in [4.78, 5) is 23.7. The molecule has 0 amide bonds. The maximum absolute atomic E-state index is 11.8. The number of carbonyl (C=O) groups is 2. The van der Waals surface area contributed by atoms with Crippen molar-refractivity contribution in [2.75, 3.05) is 6.61 Å². The van der Waals surface area contributed by atoms with Gasteiger partial charge in [0.15, 0.2) is 0 Å². The van der Waals surface area contributed by atoms with Gasteiger partial charge in [-0.25, -0.2) is 0 Å². The van der Waals surface area contributed by atoms with E-state index >= 15 is 0 Å². The van der Waals surface area contributed by atoms with E-state index < -0.39 is 42.6 Å². The fourth-order valence-corrected chi connectivity index (χ4v) is 3.27. The molecule has 0 aromatic heterocycles. The van der Waals surface area contributed by atoms with Crippen LogP contribution in [0.4, 0.5) is 0 Å². The Hall–Kier alpha value is -0.860. The molecule has 0 aliphatic heterocycles. The van der Waals surface area contributed by atoms with Gasteiger partial charge in [-0.05, 0) is 6.42 Å². The van der Waals surface area contributed by atoms with E-state index in [-0.39, 0.29) is 6.42 Å². The number of unbranched alkanes of at least 4 members (excludes halogenated alkanes) is 12. The molecule has 0 aromatic carbocycles. The Morgan fingerprint density at radius 1 is 0.655 bits per heavy atom. The van der Waals surface area contributed by atoms with Gasteiger partial charge in [-0.2, -0.15) is 0 Å². The molecule has 0 fully saturated rings. The average molecular weight is 419 g/mol. The third kappa shape index (κ3) is 13.1. The Bertz CT molecular complexity index is 427. The third-order valence-corrected chi connectivity index (χ3v) is 5.31. The lowest BCUT2D eigenvalue weighted by Gasteiger charge is -2.24. The number of aliphatic hydroxyl groups is 5. The highest BCUT2D eigenvalue weighted by Gasteiger charge is 2.36. The van der Waals surface area contributed by atoms with Crippen molar-refractivity contribution in [3.63, 3.8) is 0 Å². The zero-order valence-corrected chi connectivity index (χ0v) is 18.0. The van der Waals surface area contributed by atoms with Gasteiger partial charge in [0.2, 0.25) is 11.6 Å². The lowest BCUT2D eigenvalue weighted by atomic mass is 9.96. The van der Waals surface area contributed by atoms with Gasteiger partial charge in [0.05, 0.1) is 6.61 Å². The summed E-state index contributed by atoms with van der Waals surface area (Å²) in [6.45, 7) is 1.38. The zero-order valence-electron chi connectivity index (χ0n) is 18.0. The van der Waals surface area contributed by atoms with Gasteiger partial charge >= 0.3 is 0 Å². The van der Waals surface area contributed by atoms with Crippen LogP contribution in [0.15, 0.2) is 0 Å². The van der Waals surface area contributed by atoms with E-state index in [1.54, 1.807) is 0 Å². The number of aliphatic hydroxyl groups excluding tert-OH is 5. The van der Waals surface area contributed by atoms with Crippen molar-refractivity contribution < 1.29 is 35.1 Å². The van der Waals surface area contributed by atoms with E-state index in [4.69, 9.17) is 5.11 Å². The summed E-state index contributed by atoms with van der Waals surface area (Å²) in [7, 11) is 0. The van der Waals surface area contributed by atoms with Gasteiger partial charge < -0.3 is 25.5 Å². The third-order valence-electron chi connectivity index (χ3n) is 5.31. The number of Topliss-reactive ketones (excluding diaryl/α,β-unsaturated/α-hetero) is 2. The fourth-order valence-electron chi connectivity index (χ4n) is 3.27. The largest absolute Gasteiger partial charge is 0.394 e. The quantitative estimate of drug-likeness (QED) is 0.151. The molecule has 5 N–H and O–H groups in total. The molecular formula is C22H42O7. The van der Waals surface area contributed by atoms with Crippen LogP contribution in [0.2, 0.25) is 0 Å². The summed E-state index contributed by atoms with van der Waals surface area (Å²) < 4.78 is 0. The molecule has 29 heavy (non-hydrogen) atoms. The van der Waals surface area contributed by atoms with E-state index in [1.165, 1.54) is 57.8 Å². The standard InChI is InChI=1S/C22H42O7/c1-2-3-4-5-6-7-8-9-10-11-12-13-14-15-17(24)19(26)21(28)22(29)20(27)18(25)16-23/h18,20-23,25,27-29H,2-16H2,1H3/t18-,20-,21+,22+/m1/s1. The minimum Gasteiger partial charge on any atom is -0.394 e. The molecule has 0 aromatic rings. The maximum Gasteiger partial charge on any atom is 0.229 e. The molecule has 0 spiro atoms. The van der Waals surface area contributed by atoms with Crippen LogP contribution >= 0.6 is 0 Å². The van der Waals surface area contributed by atoms with Crippen molar-refractivity contribution in [3.05, 3.63) is 0 Å². The average Bonchev–Trinajstić information content (AvgIpc) is 2.73.